The Hall–Kier alpha value is -1.13. The second-order valence-corrected chi connectivity index (χ2v) is 4.24. The zero-order chi connectivity index (χ0) is 10.9. The summed E-state index contributed by atoms with van der Waals surface area (Å²) >= 11 is 5.94. The second kappa shape index (κ2) is 3.79. The molecule has 1 aromatic rings. The quantitative estimate of drug-likeness (QED) is 0.806. The second-order valence-electron chi connectivity index (χ2n) is 3.83. The topological polar surface area (TPSA) is 62.2 Å². The molecular formula is C10H11ClN2O2. The standard InChI is InChI=1S/C10H11ClN2O2/c11-8-4-12-2-1-7(8)3-10(9(14)15)5-13-6-10/h1-2,4,13H,3,5-6H2,(H,14,15). The summed E-state index contributed by atoms with van der Waals surface area (Å²) < 4.78 is 0. The Bertz CT molecular complexity index is 391. The van der Waals surface area contributed by atoms with Gasteiger partial charge < -0.3 is 10.4 Å². The molecule has 0 amide bonds. The summed E-state index contributed by atoms with van der Waals surface area (Å²) in [6.07, 6.45) is 3.62. The minimum atomic E-state index is -0.769. The minimum Gasteiger partial charge on any atom is -0.481 e. The molecule has 1 fully saturated rings. The summed E-state index contributed by atoms with van der Waals surface area (Å²) in [5, 5.41) is 12.7. The number of pyridine rings is 1. The van der Waals surface area contributed by atoms with Gasteiger partial charge in [-0.25, -0.2) is 0 Å². The van der Waals surface area contributed by atoms with Gasteiger partial charge in [0.25, 0.3) is 0 Å². The molecule has 80 valence electrons. The minimum absolute atomic E-state index is 0.455. The van der Waals surface area contributed by atoms with Gasteiger partial charge in [-0.1, -0.05) is 11.6 Å². The van der Waals surface area contributed by atoms with Crippen molar-refractivity contribution in [1.29, 1.82) is 0 Å². The summed E-state index contributed by atoms with van der Waals surface area (Å²) in [5.74, 6) is -0.769. The highest BCUT2D eigenvalue weighted by Crippen LogP contribution is 2.30. The van der Waals surface area contributed by atoms with E-state index in [-0.39, 0.29) is 0 Å². The van der Waals surface area contributed by atoms with Crippen LogP contribution in [0, 0.1) is 5.41 Å². The Morgan fingerprint density at radius 3 is 2.87 bits per heavy atom. The number of carboxylic acid groups (broad SMARTS) is 1. The van der Waals surface area contributed by atoms with E-state index in [0.29, 0.717) is 24.5 Å². The number of halogens is 1. The summed E-state index contributed by atoms with van der Waals surface area (Å²) in [4.78, 5) is 15.0. The van der Waals surface area contributed by atoms with Gasteiger partial charge in [-0.3, -0.25) is 9.78 Å². The zero-order valence-corrected chi connectivity index (χ0v) is 8.79. The smallest absolute Gasteiger partial charge is 0.312 e. The number of nitrogens with zero attached hydrogens (tertiary/aromatic N) is 1. The molecule has 0 spiro atoms. The van der Waals surface area contributed by atoms with Crippen LogP contribution >= 0.6 is 11.6 Å². The van der Waals surface area contributed by atoms with Crippen molar-refractivity contribution in [2.45, 2.75) is 6.42 Å². The Labute approximate surface area is 92.3 Å². The number of rotatable bonds is 3. The van der Waals surface area contributed by atoms with E-state index in [1.54, 1.807) is 18.5 Å². The average molecular weight is 227 g/mol. The zero-order valence-electron chi connectivity index (χ0n) is 8.03. The number of aliphatic carboxylic acids is 1. The van der Waals surface area contributed by atoms with Gasteiger partial charge in [-0.05, 0) is 18.1 Å². The van der Waals surface area contributed by atoms with Crippen molar-refractivity contribution in [1.82, 2.24) is 10.3 Å². The predicted molar refractivity (Wildman–Crippen MR) is 55.9 cm³/mol. The first-order valence-corrected chi connectivity index (χ1v) is 5.04. The van der Waals surface area contributed by atoms with Crippen molar-refractivity contribution in [3.63, 3.8) is 0 Å². The fraction of sp³-hybridized carbons (Fsp3) is 0.400. The van der Waals surface area contributed by atoms with Gasteiger partial charge in [-0.2, -0.15) is 0 Å². The van der Waals surface area contributed by atoms with Gasteiger partial charge >= 0.3 is 5.97 Å². The molecule has 0 aliphatic carbocycles. The normalized spacial score (nSPS) is 18.2. The lowest BCUT2D eigenvalue weighted by Crippen LogP contribution is -2.59. The van der Waals surface area contributed by atoms with E-state index >= 15 is 0 Å². The van der Waals surface area contributed by atoms with Crippen LogP contribution < -0.4 is 5.32 Å². The summed E-state index contributed by atoms with van der Waals surface area (Å²) in [5.41, 5.74) is 0.154. The molecule has 0 unspecified atom stereocenters. The maximum absolute atomic E-state index is 11.1. The van der Waals surface area contributed by atoms with Crippen LogP contribution in [0.1, 0.15) is 5.56 Å². The van der Waals surface area contributed by atoms with Gasteiger partial charge in [0.15, 0.2) is 0 Å². The predicted octanol–water partition coefficient (Wildman–Crippen LogP) is 0.952. The van der Waals surface area contributed by atoms with Gasteiger partial charge in [0.05, 0.1) is 10.4 Å². The molecule has 2 heterocycles. The molecule has 1 saturated heterocycles. The molecule has 0 saturated carbocycles. The van der Waals surface area contributed by atoms with Crippen LogP contribution in [-0.4, -0.2) is 29.1 Å². The Kier molecular flexibility index (Phi) is 2.63. The summed E-state index contributed by atoms with van der Waals surface area (Å²) in [7, 11) is 0. The molecule has 15 heavy (non-hydrogen) atoms. The number of aromatic nitrogens is 1. The molecule has 1 aliphatic rings. The fourth-order valence-electron chi connectivity index (χ4n) is 1.69. The molecule has 1 aromatic heterocycles. The lowest BCUT2D eigenvalue weighted by atomic mass is 9.76. The Morgan fingerprint density at radius 2 is 2.40 bits per heavy atom. The van der Waals surface area contributed by atoms with Crippen LogP contribution in [0.3, 0.4) is 0 Å². The SMILES string of the molecule is O=C(O)C1(Cc2ccncc2Cl)CNC1. The third-order valence-electron chi connectivity index (χ3n) is 2.77. The van der Waals surface area contributed by atoms with Crippen LogP contribution in [0.25, 0.3) is 0 Å². The molecule has 0 atom stereocenters. The van der Waals surface area contributed by atoms with Gasteiger partial charge in [0.1, 0.15) is 0 Å². The Balaban J connectivity index is 2.21. The highest BCUT2D eigenvalue weighted by molar-refractivity contribution is 6.31. The van der Waals surface area contributed by atoms with E-state index in [1.165, 1.54) is 0 Å². The summed E-state index contributed by atoms with van der Waals surface area (Å²) in [6.45, 7) is 1.00. The third-order valence-corrected chi connectivity index (χ3v) is 3.11. The highest BCUT2D eigenvalue weighted by Gasteiger charge is 2.44. The highest BCUT2D eigenvalue weighted by atomic mass is 35.5. The van der Waals surface area contributed by atoms with Crippen molar-refractivity contribution in [2.75, 3.05) is 13.1 Å². The van der Waals surface area contributed by atoms with Crippen molar-refractivity contribution in [3.05, 3.63) is 29.0 Å². The molecular weight excluding hydrogens is 216 g/mol. The van der Waals surface area contributed by atoms with E-state index in [0.717, 1.165) is 5.56 Å². The Morgan fingerprint density at radius 1 is 1.67 bits per heavy atom. The molecule has 5 heteroatoms. The summed E-state index contributed by atoms with van der Waals surface area (Å²) in [6, 6.07) is 1.77. The number of hydrogen-bond acceptors (Lipinski definition) is 3. The molecule has 0 aromatic carbocycles. The van der Waals surface area contributed by atoms with Gasteiger partial charge in [-0.15, -0.1) is 0 Å². The van der Waals surface area contributed by atoms with E-state index in [2.05, 4.69) is 10.3 Å². The molecule has 0 bridgehead atoms. The first kappa shape index (κ1) is 10.4. The molecule has 1 aliphatic heterocycles. The van der Waals surface area contributed by atoms with Crippen LogP contribution in [-0.2, 0) is 11.2 Å². The molecule has 2 N–H and O–H groups in total. The number of carboxylic acids is 1. The number of nitrogens with one attached hydrogen (secondary N) is 1. The van der Waals surface area contributed by atoms with E-state index in [4.69, 9.17) is 16.7 Å². The number of carbonyl (C=O) groups is 1. The first-order chi connectivity index (χ1) is 7.14. The van der Waals surface area contributed by atoms with Crippen LogP contribution in [0.5, 0.6) is 0 Å². The van der Waals surface area contributed by atoms with Gasteiger partial charge in [0.2, 0.25) is 0 Å². The molecule has 4 nitrogen and oxygen atoms in total. The van der Waals surface area contributed by atoms with Crippen LogP contribution in [0.15, 0.2) is 18.5 Å². The maximum Gasteiger partial charge on any atom is 0.312 e. The first-order valence-electron chi connectivity index (χ1n) is 4.67. The maximum atomic E-state index is 11.1. The van der Waals surface area contributed by atoms with E-state index in [1.807, 2.05) is 0 Å². The molecule has 2 rings (SSSR count). The van der Waals surface area contributed by atoms with Crippen molar-refractivity contribution in [2.24, 2.45) is 5.41 Å². The lowest BCUT2D eigenvalue weighted by molar-refractivity contribution is -0.152. The van der Waals surface area contributed by atoms with Crippen molar-refractivity contribution in [3.8, 4) is 0 Å². The third kappa shape index (κ3) is 1.82. The van der Waals surface area contributed by atoms with Crippen LogP contribution in [0.4, 0.5) is 0 Å². The van der Waals surface area contributed by atoms with E-state index in [9.17, 15) is 4.79 Å². The largest absolute Gasteiger partial charge is 0.481 e. The fourth-order valence-corrected chi connectivity index (χ4v) is 1.88. The average Bonchev–Trinajstić information content (AvgIpc) is 2.13. The molecule has 0 radical (unpaired) electrons. The van der Waals surface area contributed by atoms with Crippen molar-refractivity contribution < 1.29 is 9.90 Å². The monoisotopic (exact) mass is 226 g/mol. The number of hydrogen-bond donors (Lipinski definition) is 2. The van der Waals surface area contributed by atoms with E-state index < -0.39 is 11.4 Å². The van der Waals surface area contributed by atoms with Crippen LogP contribution in [0.2, 0.25) is 5.02 Å². The van der Waals surface area contributed by atoms with Crippen molar-refractivity contribution >= 4 is 17.6 Å². The lowest BCUT2D eigenvalue weighted by Gasteiger charge is -2.38. The van der Waals surface area contributed by atoms with Gasteiger partial charge in [0, 0.05) is 25.5 Å².